The maximum absolute atomic E-state index is 11.2. The zero-order valence-corrected chi connectivity index (χ0v) is 10.0. The van der Waals surface area contributed by atoms with E-state index >= 15 is 0 Å². The van der Waals surface area contributed by atoms with Gasteiger partial charge in [-0.1, -0.05) is 12.1 Å². The van der Waals surface area contributed by atoms with Gasteiger partial charge in [0.25, 0.3) is 0 Å². The highest BCUT2D eigenvalue weighted by atomic mass is 16.6. The number of para-hydroxylation sites is 2. The molecule has 0 aliphatic carbocycles. The molecule has 1 aromatic heterocycles. The first kappa shape index (κ1) is 11.3. The van der Waals surface area contributed by atoms with Gasteiger partial charge in [0, 0.05) is 0 Å². The predicted octanol–water partition coefficient (Wildman–Crippen LogP) is 2.70. The van der Waals surface area contributed by atoms with Gasteiger partial charge in [0.1, 0.15) is 0 Å². The number of nitrogens with zero attached hydrogens (tertiary/aromatic N) is 3. The van der Waals surface area contributed by atoms with E-state index in [1.807, 2.05) is 18.2 Å². The Morgan fingerprint density at radius 2 is 1.74 bits per heavy atom. The molecule has 6 nitrogen and oxygen atoms in total. The molecule has 0 spiro atoms. The lowest BCUT2D eigenvalue weighted by atomic mass is 10.2. The van der Waals surface area contributed by atoms with E-state index < -0.39 is 4.92 Å². The van der Waals surface area contributed by atoms with Crippen molar-refractivity contribution >= 4 is 27.8 Å². The van der Waals surface area contributed by atoms with Crippen molar-refractivity contribution in [2.75, 3.05) is 7.11 Å². The molecule has 3 aromatic rings. The molecule has 0 atom stereocenters. The summed E-state index contributed by atoms with van der Waals surface area (Å²) in [4.78, 5) is 19.4. The highest BCUT2D eigenvalue weighted by molar-refractivity contribution is 5.93. The van der Waals surface area contributed by atoms with Crippen LogP contribution in [0, 0.1) is 10.1 Å². The molecule has 0 N–H and O–H groups in total. The van der Waals surface area contributed by atoms with Crippen molar-refractivity contribution in [1.29, 1.82) is 0 Å². The van der Waals surface area contributed by atoms with Gasteiger partial charge in [0.2, 0.25) is 0 Å². The highest BCUT2D eigenvalue weighted by Crippen LogP contribution is 2.33. The molecule has 0 radical (unpaired) electrons. The fraction of sp³-hybridized carbons (Fsp3) is 0.0769. The average Bonchev–Trinajstić information content (AvgIpc) is 2.43. The van der Waals surface area contributed by atoms with E-state index in [-0.39, 0.29) is 17.0 Å². The number of rotatable bonds is 2. The molecule has 6 heteroatoms. The summed E-state index contributed by atoms with van der Waals surface area (Å²) < 4.78 is 5.02. The summed E-state index contributed by atoms with van der Waals surface area (Å²) in [5.41, 5.74) is 1.88. The Kier molecular flexibility index (Phi) is 2.49. The maximum Gasteiger partial charge on any atom is 0.338 e. The van der Waals surface area contributed by atoms with Crippen molar-refractivity contribution in [2.45, 2.75) is 0 Å². The number of nitro benzene ring substituents is 1. The molecule has 0 saturated heterocycles. The number of methoxy groups -OCH3 is 1. The van der Waals surface area contributed by atoms with Crippen LogP contribution in [0.2, 0.25) is 0 Å². The Hall–Kier alpha value is -2.76. The number of nitro groups is 1. The Balaban J connectivity index is 2.47. The van der Waals surface area contributed by atoms with Gasteiger partial charge in [-0.25, -0.2) is 9.97 Å². The summed E-state index contributed by atoms with van der Waals surface area (Å²) in [7, 11) is 1.39. The largest absolute Gasteiger partial charge is 0.490 e. The molecule has 3 rings (SSSR count). The second kappa shape index (κ2) is 4.16. The number of benzene rings is 2. The van der Waals surface area contributed by atoms with Crippen LogP contribution in [0.1, 0.15) is 0 Å². The summed E-state index contributed by atoms with van der Waals surface area (Å²) in [5.74, 6) is 0.182. The molecule has 0 fully saturated rings. The van der Waals surface area contributed by atoms with E-state index in [4.69, 9.17) is 4.74 Å². The number of fused-ring (bicyclic) bond motifs is 2. The van der Waals surface area contributed by atoms with Gasteiger partial charge in [-0.2, -0.15) is 0 Å². The fourth-order valence-corrected chi connectivity index (χ4v) is 2.00. The number of hydrogen-bond acceptors (Lipinski definition) is 5. The number of hydrogen-bond donors (Lipinski definition) is 0. The normalized spacial score (nSPS) is 10.8. The first-order chi connectivity index (χ1) is 9.20. The third-order valence-electron chi connectivity index (χ3n) is 2.85. The second-order valence-corrected chi connectivity index (χ2v) is 3.95. The minimum Gasteiger partial charge on any atom is -0.490 e. The molecule has 19 heavy (non-hydrogen) atoms. The van der Waals surface area contributed by atoms with Crippen molar-refractivity contribution in [2.24, 2.45) is 0 Å². The van der Waals surface area contributed by atoms with Crippen LogP contribution in [-0.4, -0.2) is 22.0 Å². The molecular formula is C13H9N3O3. The Bertz CT molecular complexity index is 802. The van der Waals surface area contributed by atoms with Gasteiger partial charge in [-0.15, -0.1) is 0 Å². The molecule has 2 aromatic carbocycles. The second-order valence-electron chi connectivity index (χ2n) is 3.95. The Morgan fingerprint density at radius 3 is 2.37 bits per heavy atom. The average molecular weight is 255 g/mol. The van der Waals surface area contributed by atoms with Gasteiger partial charge in [0.15, 0.2) is 11.3 Å². The van der Waals surface area contributed by atoms with Crippen LogP contribution in [0.25, 0.3) is 22.1 Å². The summed E-state index contributed by atoms with van der Waals surface area (Å²) in [6, 6.07) is 10.4. The molecule has 0 aliphatic rings. The summed E-state index contributed by atoms with van der Waals surface area (Å²) in [6.45, 7) is 0. The van der Waals surface area contributed by atoms with Crippen LogP contribution in [-0.2, 0) is 0 Å². The van der Waals surface area contributed by atoms with Crippen LogP contribution in [0.3, 0.4) is 0 Å². The third-order valence-corrected chi connectivity index (χ3v) is 2.85. The van der Waals surface area contributed by atoms with Crippen LogP contribution >= 0.6 is 0 Å². The topological polar surface area (TPSA) is 78.2 Å². The van der Waals surface area contributed by atoms with E-state index in [0.29, 0.717) is 16.6 Å². The number of aromatic nitrogens is 2. The molecular weight excluding hydrogens is 246 g/mol. The minimum atomic E-state index is -0.495. The van der Waals surface area contributed by atoms with Crippen LogP contribution in [0.4, 0.5) is 5.69 Å². The monoisotopic (exact) mass is 255 g/mol. The van der Waals surface area contributed by atoms with E-state index in [1.165, 1.54) is 13.2 Å². The van der Waals surface area contributed by atoms with Gasteiger partial charge in [-0.3, -0.25) is 10.1 Å². The number of ether oxygens (including phenoxy) is 1. The first-order valence-electron chi connectivity index (χ1n) is 5.58. The van der Waals surface area contributed by atoms with E-state index in [0.717, 1.165) is 0 Å². The van der Waals surface area contributed by atoms with Crippen LogP contribution in [0.5, 0.6) is 5.75 Å². The Morgan fingerprint density at radius 1 is 1.05 bits per heavy atom. The van der Waals surface area contributed by atoms with Crippen molar-refractivity contribution in [1.82, 2.24) is 9.97 Å². The van der Waals surface area contributed by atoms with E-state index in [2.05, 4.69) is 9.97 Å². The third kappa shape index (κ3) is 1.74. The highest BCUT2D eigenvalue weighted by Gasteiger charge is 2.21. The van der Waals surface area contributed by atoms with Gasteiger partial charge >= 0.3 is 5.69 Å². The van der Waals surface area contributed by atoms with Crippen molar-refractivity contribution in [3.63, 3.8) is 0 Å². The lowest BCUT2D eigenvalue weighted by Gasteiger charge is -2.05. The van der Waals surface area contributed by atoms with Crippen molar-refractivity contribution in [3.05, 3.63) is 46.5 Å². The lowest BCUT2D eigenvalue weighted by molar-refractivity contribution is -0.384. The zero-order valence-electron chi connectivity index (χ0n) is 10.0. The lowest BCUT2D eigenvalue weighted by Crippen LogP contribution is -1.97. The van der Waals surface area contributed by atoms with Gasteiger partial charge in [-0.05, 0) is 24.3 Å². The van der Waals surface area contributed by atoms with E-state index in [1.54, 1.807) is 12.1 Å². The smallest absolute Gasteiger partial charge is 0.338 e. The molecule has 0 amide bonds. The molecule has 94 valence electrons. The predicted molar refractivity (Wildman–Crippen MR) is 70.3 cm³/mol. The quantitative estimate of drug-likeness (QED) is 0.399. The van der Waals surface area contributed by atoms with Crippen LogP contribution < -0.4 is 4.74 Å². The summed E-state index contributed by atoms with van der Waals surface area (Å²) in [5, 5.41) is 11.2. The molecule has 0 bridgehead atoms. The SMILES string of the molecule is COc1ccc2nc3ccccc3nc2c1[N+](=O)[O-]. The minimum absolute atomic E-state index is 0.154. The van der Waals surface area contributed by atoms with E-state index in [9.17, 15) is 10.1 Å². The fourth-order valence-electron chi connectivity index (χ4n) is 2.00. The Labute approximate surface area is 107 Å². The van der Waals surface area contributed by atoms with Crippen molar-refractivity contribution < 1.29 is 9.66 Å². The first-order valence-corrected chi connectivity index (χ1v) is 5.58. The van der Waals surface area contributed by atoms with Crippen LogP contribution in [0.15, 0.2) is 36.4 Å². The van der Waals surface area contributed by atoms with Crippen molar-refractivity contribution in [3.8, 4) is 5.75 Å². The van der Waals surface area contributed by atoms with Gasteiger partial charge in [0.05, 0.1) is 28.6 Å². The molecule has 0 unspecified atom stereocenters. The summed E-state index contributed by atoms with van der Waals surface area (Å²) >= 11 is 0. The molecule has 0 aliphatic heterocycles. The maximum atomic E-state index is 11.2. The zero-order chi connectivity index (χ0) is 13.4. The van der Waals surface area contributed by atoms with Gasteiger partial charge < -0.3 is 4.74 Å². The summed E-state index contributed by atoms with van der Waals surface area (Å²) in [6.07, 6.45) is 0. The molecule has 0 saturated carbocycles. The standard InChI is InChI=1S/C13H9N3O3/c1-19-11-7-6-10-12(13(11)16(17)18)15-9-5-3-2-4-8(9)14-10/h2-7H,1H3. The molecule has 1 heterocycles.